The number of hydrogen-bond donors (Lipinski definition) is 0. The second-order valence-electron chi connectivity index (χ2n) is 8.01. The van der Waals surface area contributed by atoms with Crippen LogP contribution in [0.5, 0.6) is 5.75 Å². The van der Waals surface area contributed by atoms with Gasteiger partial charge in [0.2, 0.25) is 0 Å². The number of ether oxygens (including phenoxy) is 3. The standard InChI is InChI=1S/C28H27NO5/c1-19(18-20-10-6-4-7-11-20)26(30)29-24(21-12-8-5-9-13-21)25(28(31)33-3)34-27(29)22-14-16-23(32-2)17-15-22/h4-18,24-25,27H,1-3H3/t24-,25+,27?/m0/s1. The fourth-order valence-corrected chi connectivity index (χ4v) is 4.16. The third kappa shape index (κ3) is 4.72. The van der Waals surface area contributed by atoms with E-state index in [9.17, 15) is 9.59 Å². The zero-order valence-electron chi connectivity index (χ0n) is 19.4. The van der Waals surface area contributed by atoms with E-state index in [1.807, 2.05) is 78.9 Å². The topological polar surface area (TPSA) is 65.1 Å². The van der Waals surface area contributed by atoms with Crippen LogP contribution in [0.2, 0.25) is 0 Å². The van der Waals surface area contributed by atoms with E-state index >= 15 is 0 Å². The molecule has 1 aliphatic heterocycles. The largest absolute Gasteiger partial charge is 0.497 e. The molecule has 0 bridgehead atoms. The van der Waals surface area contributed by atoms with Crippen LogP contribution in [0.3, 0.4) is 0 Å². The molecule has 0 saturated carbocycles. The number of carbonyl (C=O) groups excluding carboxylic acids is 2. The zero-order valence-corrected chi connectivity index (χ0v) is 19.4. The van der Waals surface area contributed by atoms with Crippen LogP contribution in [-0.2, 0) is 19.1 Å². The SMILES string of the molecule is COC(=O)[C@@H]1OC(c2ccc(OC)cc2)N(C(=O)C(C)=Cc2ccccc2)[C@H]1c1ccccc1. The van der Waals surface area contributed by atoms with Crippen molar-refractivity contribution >= 4 is 18.0 Å². The molecule has 1 aliphatic rings. The number of amides is 1. The summed E-state index contributed by atoms with van der Waals surface area (Å²) in [6.07, 6.45) is 0.0702. The van der Waals surface area contributed by atoms with Crippen LogP contribution in [0.15, 0.2) is 90.5 Å². The Labute approximate surface area is 199 Å². The maximum Gasteiger partial charge on any atom is 0.337 e. The molecule has 1 fully saturated rings. The fraction of sp³-hybridized carbons (Fsp3) is 0.214. The van der Waals surface area contributed by atoms with E-state index in [-0.39, 0.29) is 5.91 Å². The van der Waals surface area contributed by atoms with Gasteiger partial charge in [0.15, 0.2) is 12.3 Å². The first-order chi connectivity index (χ1) is 16.5. The van der Waals surface area contributed by atoms with Crippen molar-refractivity contribution in [2.24, 2.45) is 0 Å². The van der Waals surface area contributed by atoms with Crippen LogP contribution >= 0.6 is 0 Å². The van der Waals surface area contributed by atoms with Crippen LogP contribution in [0.4, 0.5) is 0 Å². The van der Waals surface area contributed by atoms with Crippen molar-refractivity contribution in [3.05, 3.63) is 107 Å². The molecule has 0 radical (unpaired) electrons. The molecule has 6 heteroatoms. The molecule has 174 valence electrons. The number of esters is 1. The Morgan fingerprint density at radius 3 is 2.06 bits per heavy atom. The quantitative estimate of drug-likeness (QED) is 0.388. The Morgan fingerprint density at radius 2 is 1.47 bits per heavy atom. The predicted octanol–water partition coefficient (Wildman–Crippen LogP) is 4.94. The van der Waals surface area contributed by atoms with Gasteiger partial charge in [0, 0.05) is 11.1 Å². The first-order valence-corrected chi connectivity index (χ1v) is 11.0. The van der Waals surface area contributed by atoms with Gasteiger partial charge >= 0.3 is 5.97 Å². The van der Waals surface area contributed by atoms with Crippen molar-refractivity contribution < 1.29 is 23.8 Å². The van der Waals surface area contributed by atoms with Gasteiger partial charge < -0.3 is 14.2 Å². The maximum atomic E-state index is 13.9. The lowest BCUT2D eigenvalue weighted by Crippen LogP contribution is -2.37. The summed E-state index contributed by atoms with van der Waals surface area (Å²) in [7, 11) is 2.91. The number of hydrogen-bond acceptors (Lipinski definition) is 5. The Hall–Kier alpha value is -3.90. The normalized spacial score (nSPS) is 20.1. The fourth-order valence-electron chi connectivity index (χ4n) is 4.16. The highest BCUT2D eigenvalue weighted by Gasteiger charge is 2.50. The van der Waals surface area contributed by atoms with E-state index in [0.29, 0.717) is 11.3 Å². The highest BCUT2D eigenvalue weighted by atomic mass is 16.6. The lowest BCUT2D eigenvalue weighted by atomic mass is 9.99. The van der Waals surface area contributed by atoms with Gasteiger partial charge in [0.05, 0.1) is 20.3 Å². The molecule has 3 atom stereocenters. The predicted molar refractivity (Wildman–Crippen MR) is 129 cm³/mol. The Balaban J connectivity index is 1.81. The molecule has 34 heavy (non-hydrogen) atoms. The average Bonchev–Trinajstić information content (AvgIpc) is 3.29. The van der Waals surface area contributed by atoms with Crippen LogP contribution in [0, 0.1) is 0 Å². The molecular weight excluding hydrogens is 430 g/mol. The molecule has 0 aromatic heterocycles. The third-order valence-corrected chi connectivity index (χ3v) is 5.84. The van der Waals surface area contributed by atoms with Crippen LogP contribution in [0.1, 0.15) is 35.9 Å². The second-order valence-corrected chi connectivity index (χ2v) is 8.01. The molecular formula is C28H27NO5. The number of nitrogens with zero attached hydrogens (tertiary/aromatic N) is 1. The molecule has 4 rings (SSSR count). The van der Waals surface area contributed by atoms with E-state index in [0.717, 1.165) is 16.7 Å². The molecule has 1 unspecified atom stereocenters. The zero-order chi connectivity index (χ0) is 24.1. The molecule has 6 nitrogen and oxygen atoms in total. The summed E-state index contributed by atoms with van der Waals surface area (Å²) >= 11 is 0. The number of benzene rings is 3. The van der Waals surface area contributed by atoms with E-state index < -0.39 is 24.3 Å². The minimum atomic E-state index is -0.979. The Bertz CT molecular complexity index is 1160. The van der Waals surface area contributed by atoms with E-state index in [1.54, 1.807) is 31.1 Å². The van der Waals surface area contributed by atoms with Gasteiger partial charge in [-0.2, -0.15) is 0 Å². The molecule has 1 saturated heterocycles. The Morgan fingerprint density at radius 1 is 0.853 bits per heavy atom. The molecule has 0 spiro atoms. The molecule has 3 aromatic carbocycles. The van der Waals surface area contributed by atoms with Crippen molar-refractivity contribution in [1.82, 2.24) is 4.90 Å². The van der Waals surface area contributed by atoms with Crippen molar-refractivity contribution in [3.63, 3.8) is 0 Å². The maximum absolute atomic E-state index is 13.9. The monoisotopic (exact) mass is 457 g/mol. The van der Waals surface area contributed by atoms with Crippen LogP contribution in [-0.4, -0.2) is 37.1 Å². The van der Waals surface area contributed by atoms with Crippen molar-refractivity contribution in [3.8, 4) is 5.75 Å². The van der Waals surface area contributed by atoms with Crippen LogP contribution in [0.25, 0.3) is 6.08 Å². The molecule has 3 aromatic rings. The van der Waals surface area contributed by atoms with Gasteiger partial charge in [-0.15, -0.1) is 0 Å². The summed E-state index contributed by atoms with van der Waals surface area (Å²) in [5.41, 5.74) is 2.96. The summed E-state index contributed by atoms with van der Waals surface area (Å²) in [5, 5.41) is 0. The lowest BCUT2D eigenvalue weighted by Gasteiger charge is -2.29. The van der Waals surface area contributed by atoms with E-state index in [1.165, 1.54) is 7.11 Å². The van der Waals surface area contributed by atoms with E-state index in [4.69, 9.17) is 14.2 Å². The summed E-state index contributed by atoms with van der Waals surface area (Å²) in [6, 6.07) is 25.7. The first kappa shape index (κ1) is 23.3. The van der Waals surface area contributed by atoms with Crippen LogP contribution < -0.4 is 4.74 Å². The smallest absolute Gasteiger partial charge is 0.337 e. The minimum absolute atomic E-state index is 0.232. The molecule has 1 amide bonds. The van der Waals surface area contributed by atoms with Gasteiger partial charge in [0.1, 0.15) is 5.75 Å². The van der Waals surface area contributed by atoms with Crippen molar-refractivity contribution in [2.75, 3.05) is 14.2 Å². The Kier molecular flexibility index (Phi) is 7.09. The number of rotatable bonds is 6. The van der Waals surface area contributed by atoms with Crippen molar-refractivity contribution in [2.45, 2.75) is 25.3 Å². The van der Waals surface area contributed by atoms with Gasteiger partial charge in [-0.1, -0.05) is 72.8 Å². The molecule has 0 aliphatic carbocycles. The minimum Gasteiger partial charge on any atom is -0.497 e. The lowest BCUT2D eigenvalue weighted by molar-refractivity contribution is -0.154. The van der Waals surface area contributed by atoms with Gasteiger partial charge in [-0.3, -0.25) is 9.69 Å². The summed E-state index contributed by atoms with van der Waals surface area (Å²) in [4.78, 5) is 28.3. The van der Waals surface area contributed by atoms with Gasteiger partial charge in [0.25, 0.3) is 5.91 Å². The summed E-state index contributed by atoms with van der Waals surface area (Å²) in [5.74, 6) is -0.0822. The third-order valence-electron chi connectivity index (χ3n) is 5.84. The van der Waals surface area contributed by atoms with Gasteiger partial charge in [-0.05, 0) is 36.3 Å². The highest BCUT2D eigenvalue weighted by Crippen LogP contribution is 2.44. The highest BCUT2D eigenvalue weighted by molar-refractivity contribution is 5.98. The first-order valence-electron chi connectivity index (χ1n) is 11.0. The van der Waals surface area contributed by atoms with E-state index in [2.05, 4.69) is 0 Å². The second kappa shape index (κ2) is 10.4. The van der Waals surface area contributed by atoms with Crippen molar-refractivity contribution in [1.29, 1.82) is 0 Å². The molecule has 0 N–H and O–H groups in total. The molecule has 1 heterocycles. The van der Waals surface area contributed by atoms with Gasteiger partial charge in [-0.25, -0.2) is 4.79 Å². The average molecular weight is 458 g/mol. The summed E-state index contributed by atoms with van der Waals surface area (Å²) < 4.78 is 16.6. The number of methoxy groups -OCH3 is 2. The number of carbonyl (C=O) groups is 2. The summed E-state index contributed by atoms with van der Waals surface area (Å²) in [6.45, 7) is 1.77.